The lowest BCUT2D eigenvalue weighted by Crippen LogP contribution is -2.25. The Hall–Kier alpha value is -3.19. The summed E-state index contributed by atoms with van der Waals surface area (Å²) in [6.07, 6.45) is 1.62. The van der Waals surface area contributed by atoms with Gasteiger partial charge in [-0.15, -0.1) is 0 Å². The number of nitrogens with zero attached hydrogens (tertiary/aromatic N) is 4. The molecule has 2 N–H and O–H groups in total. The van der Waals surface area contributed by atoms with Crippen LogP contribution in [0.1, 0.15) is 18.7 Å². The second-order valence-electron chi connectivity index (χ2n) is 6.60. The molecule has 0 spiro atoms. The molecule has 1 unspecified atom stereocenters. The van der Waals surface area contributed by atoms with E-state index in [0.29, 0.717) is 5.69 Å². The zero-order chi connectivity index (χ0) is 23.5. The number of sulfonamides is 1. The monoisotopic (exact) mass is 524 g/mol. The molecule has 13 heteroatoms. The third kappa shape index (κ3) is 5.16. The molecule has 1 amide bonds. The van der Waals surface area contributed by atoms with Gasteiger partial charge in [0.15, 0.2) is 5.82 Å². The van der Waals surface area contributed by atoms with Crippen LogP contribution in [0.4, 0.5) is 11.5 Å². The molecule has 0 fully saturated rings. The van der Waals surface area contributed by atoms with Gasteiger partial charge in [-0.05, 0) is 54.0 Å². The van der Waals surface area contributed by atoms with Crippen molar-refractivity contribution in [2.45, 2.75) is 24.8 Å². The smallest absolute Gasteiger partial charge is 0.321 e. The van der Waals surface area contributed by atoms with Crippen LogP contribution in [-0.2, 0) is 14.8 Å². The van der Waals surface area contributed by atoms with Crippen LogP contribution < -0.4 is 19.5 Å². The summed E-state index contributed by atoms with van der Waals surface area (Å²) in [7, 11) is -1.21. The standard InChI is InChI=1S/C19H21BrN6O5S/c1-11-15(20)10-21-26(11)12(2)18(27)22-13-5-7-14(8-6-13)32(28,29)25-16-9-17(30-3)24-19(23-16)31-4/h5-10,12H,1-4H3,(H,22,27)(H,23,24,25). The van der Waals surface area contributed by atoms with Crippen LogP contribution in [0.2, 0.25) is 0 Å². The Kier molecular flexibility index (Phi) is 6.99. The van der Waals surface area contributed by atoms with E-state index in [0.717, 1.165) is 10.2 Å². The molecule has 2 heterocycles. The molecule has 1 aromatic carbocycles. The van der Waals surface area contributed by atoms with Gasteiger partial charge in [-0.2, -0.15) is 15.1 Å². The van der Waals surface area contributed by atoms with Gasteiger partial charge in [-0.3, -0.25) is 14.2 Å². The number of carbonyl (C=O) groups is 1. The highest BCUT2D eigenvalue weighted by atomic mass is 79.9. The molecule has 170 valence electrons. The summed E-state index contributed by atoms with van der Waals surface area (Å²) in [6.45, 7) is 3.56. The van der Waals surface area contributed by atoms with Crippen molar-refractivity contribution in [3.63, 3.8) is 0 Å². The topological polar surface area (TPSA) is 137 Å². The third-order valence-corrected chi connectivity index (χ3v) is 6.63. The quantitative estimate of drug-likeness (QED) is 0.458. The largest absolute Gasteiger partial charge is 0.481 e. The number of methoxy groups -OCH3 is 2. The highest BCUT2D eigenvalue weighted by molar-refractivity contribution is 9.10. The second kappa shape index (κ2) is 9.53. The minimum absolute atomic E-state index is 0.0133. The molecule has 0 saturated carbocycles. The average Bonchev–Trinajstić information content (AvgIpc) is 3.11. The van der Waals surface area contributed by atoms with Crippen molar-refractivity contribution in [1.82, 2.24) is 19.7 Å². The Bertz CT molecular complexity index is 1210. The Morgan fingerprint density at radius 3 is 2.41 bits per heavy atom. The van der Waals surface area contributed by atoms with E-state index in [-0.39, 0.29) is 28.5 Å². The van der Waals surface area contributed by atoms with E-state index in [1.165, 1.54) is 44.6 Å². The Balaban J connectivity index is 1.73. The van der Waals surface area contributed by atoms with Gasteiger partial charge in [0.1, 0.15) is 6.04 Å². The van der Waals surface area contributed by atoms with Crippen molar-refractivity contribution in [2.24, 2.45) is 0 Å². The lowest BCUT2D eigenvalue weighted by molar-refractivity contribution is -0.119. The normalized spacial score (nSPS) is 12.2. The van der Waals surface area contributed by atoms with Crippen LogP contribution in [0.3, 0.4) is 0 Å². The molecule has 0 bridgehead atoms. The minimum Gasteiger partial charge on any atom is -0.481 e. The number of amides is 1. The maximum Gasteiger partial charge on any atom is 0.321 e. The van der Waals surface area contributed by atoms with E-state index in [2.05, 4.69) is 41.0 Å². The maximum atomic E-state index is 12.7. The zero-order valence-corrected chi connectivity index (χ0v) is 20.1. The van der Waals surface area contributed by atoms with Crippen LogP contribution >= 0.6 is 15.9 Å². The van der Waals surface area contributed by atoms with Crippen molar-refractivity contribution in [3.05, 3.63) is 46.7 Å². The fraction of sp³-hybridized carbons (Fsp3) is 0.263. The number of rotatable bonds is 8. The summed E-state index contributed by atoms with van der Waals surface area (Å²) < 4.78 is 40.1. The molecular weight excluding hydrogens is 504 g/mol. The number of aromatic nitrogens is 4. The van der Waals surface area contributed by atoms with Crippen LogP contribution in [0.15, 0.2) is 45.9 Å². The molecule has 0 saturated heterocycles. The van der Waals surface area contributed by atoms with Crippen LogP contribution in [0.5, 0.6) is 11.9 Å². The molecule has 11 nitrogen and oxygen atoms in total. The second-order valence-corrected chi connectivity index (χ2v) is 9.14. The van der Waals surface area contributed by atoms with Gasteiger partial charge in [0.05, 0.1) is 35.5 Å². The fourth-order valence-electron chi connectivity index (χ4n) is 2.72. The van der Waals surface area contributed by atoms with Crippen LogP contribution in [0, 0.1) is 6.92 Å². The number of ether oxygens (including phenoxy) is 2. The number of benzene rings is 1. The third-order valence-electron chi connectivity index (χ3n) is 4.48. The van der Waals surface area contributed by atoms with Gasteiger partial charge in [0, 0.05) is 11.8 Å². The van der Waals surface area contributed by atoms with E-state index in [1.807, 2.05) is 6.92 Å². The van der Waals surface area contributed by atoms with E-state index in [9.17, 15) is 13.2 Å². The number of hydrogen-bond acceptors (Lipinski definition) is 8. The fourth-order valence-corrected chi connectivity index (χ4v) is 3.98. The first-order valence-electron chi connectivity index (χ1n) is 9.25. The number of hydrogen-bond donors (Lipinski definition) is 2. The van der Waals surface area contributed by atoms with E-state index in [4.69, 9.17) is 9.47 Å². The predicted molar refractivity (Wildman–Crippen MR) is 120 cm³/mol. The molecule has 3 rings (SSSR count). The average molecular weight is 525 g/mol. The molecule has 0 aliphatic heterocycles. The first kappa shape index (κ1) is 23.5. The molecule has 0 aliphatic rings. The summed E-state index contributed by atoms with van der Waals surface area (Å²) >= 11 is 3.37. The molecule has 3 aromatic rings. The highest BCUT2D eigenvalue weighted by Gasteiger charge is 2.20. The van der Waals surface area contributed by atoms with Gasteiger partial charge in [0.25, 0.3) is 10.0 Å². The highest BCUT2D eigenvalue weighted by Crippen LogP contribution is 2.23. The van der Waals surface area contributed by atoms with Crippen molar-refractivity contribution < 1.29 is 22.7 Å². The molecule has 2 aromatic heterocycles. The summed E-state index contributed by atoms with van der Waals surface area (Å²) in [5.74, 6) is -0.167. The molecule has 0 radical (unpaired) electrons. The number of halogens is 1. The van der Waals surface area contributed by atoms with E-state index >= 15 is 0 Å². The van der Waals surface area contributed by atoms with Crippen LogP contribution in [0.25, 0.3) is 0 Å². The van der Waals surface area contributed by atoms with Gasteiger partial charge >= 0.3 is 6.01 Å². The van der Waals surface area contributed by atoms with Gasteiger partial charge < -0.3 is 14.8 Å². The number of carbonyl (C=O) groups excluding carboxylic acids is 1. The Morgan fingerprint density at radius 1 is 1.16 bits per heavy atom. The van der Waals surface area contributed by atoms with Crippen molar-refractivity contribution in [1.29, 1.82) is 0 Å². The van der Waals surface area contributed by atoms with Crippen molar-refractivity contribution in [2.75, 3.05) is 24.3 Å². The van der Waals surface area contributed by atoms with Crippen molar-refractivity contribution >= 4 is 43.4 Å². The maximum absolute atomic E-state index is 12.7. The van der Waals surface area contributed by atoms with Gasteiger partial charge in [-0.1, -0.05) is 0 Å². The lowest BCUT2D eigenvalue weighted by Gasteiger charge is -2.15. The summed E-state index contributed by atoms with van der Waals surface area (Å²) in [6, 6.07) is 6.44. The lowest BCUT2D eigenvalue weighted by atomic mass is 10.2. The first-order chi connectivity index (χ1) is 15.1. The number of anilines is 2. The van der Waals surface area contributed by atoms with Crippen LogP contribution in [-0.4, -0.2) is 48.3 Å². The summed E-state index contributed by atoms with van der Waals surface area (Å²) in [4.78, 5) is 20.4. The van der Waals surface area contributed by atoms with Gasteiger partial charge in [-0.25, -0.2) is 8.42 Å². The van der Waals surface area contributed by atoms with E-state index in [1.54, 1.807) is 17.8 Å². The number of nitrogens with one attached hydrogen (secondary N) is 2. The van der Waals surface area contributed by atoms with Gasteiger partial charge in [0.2, 0.25) is 11.8 Å². The SMILES string of the molecule is COc1cc(NS(=O)(=O)c2ccc(NC(=O)C(C)n3ncc(Br)c3C)cc2)nc(OC)n1. The molecule has 1 atom stereocenters. The molecular formula is C19H21BrN6O5S. The Labute approximate surface area is 193 Å². The molecule has 0 aliphatic carbocycles. The Morgan fingerprint density at radius 2 is 1.84 bits per heavy atom. The van der Waals surface area contributed by atoms with E-state index < -0.39 is 16.1 Å². The minimum atomic E-state index is -3.95. The van der Waals surface area contributed by atoms with Crippen molar-refractivity contribution in [3.8, 4) is 11.9 Å². The zero-order valence-electron chi connectivity index (χ0n) is 17.7. The summed E-state index contributed by atoms with van der Waals surface area (Å²) in [5.41, 5.74) is 1.26. The summed E-state index contributed by atoms with van der Waals surface area (Å²) in [5, 5.41) is 6.93. The first-order valence-corrected chi connectivity index (χ1v) is 11.5. The predicted octanol–water partition coefficient (Wildman–Crippen LogP) is 2.76. The molecule has 32 heavy (non-hydrogen) atoms.